The minimum atomic E-state index is -0.479. The predicted molar refractivity (Wildman–Crippen MR) is 74.7 cm³/mol. The van der Waals surface area contributed by atoms with E-state index in [0.29, 0.717) is 17.5 Å². The quantitative estimate of drug-likeness (QED) is 0.647. The van der Waals surface area contributed by atoms with E-state index in [4.69, 9.17) is 0 Å². The topological polar surface area (TPSA) is 85.4 Å². The zero-order chi connectivity index (χ0) is 14.1. The molecule has 0 saturated heterocycles. The molecule has 2 aromatic rings. The fourth-order valence-electron chi connectivity index (χ4n) is 2.28. The summed E-state index contributed by atoms with van der Waals surface area (Å²) in [5, 5.41) is 18.4. The monoisotopic (exact) mass is 275 g/mol. The van der Waals surface area contributed by atoms with Gasteiger partial charge >= 0.3 is 5.82 Å². The summed E-state index contributed by atoms with van der Waals surface area (Å²) in [7, 11) is 0. The number of aromatic nitrogens is 3. The Labute approximate surface area is 116 Å². The van der Waals surface area contributed by atoms with Crippen molar-refractivity contribution in [3.8, 4) is 0 Å². The van der Waals surface area contributed by atoms with Gasteiger partial charge in [-0.2, -0.15) is 0 Å². The van der Waals surface area contributed by atoms with Crippen LogP contribution >= 0.6 is 0 Å². The van der Waals surface area contributed by atoms with Crippen LogP contribution in [0.3, 0.4) is 0 Å². The van der Waals surface area contributed by atoms with Gasteiger partial charge < -0.3 is 15.4 Å². The van der Waals surface area contributed by atoms with Crippen LogP contribution in [-0.2, 0) is 0 Å². The molecule has 1 saturated carbocycles. The number of hydrogen-bond acceptors (Lipinski definition) is 5. The molecule has 1 N–H and O–H groups in total. The summed E-state index contributed by atoms with van der Waals surface area (Å²) < 4.78 is 1.26. The van der Waals surface area contributed by atoms with Crippen LogP contribution in [0.5, 0.6) is 0 Å². The van der Waals surface area contributed by atoms with Crippen LogP contribution in [-0.4, -0.2) is 25.6 Å². The molecule has 3 rings (SSSR count). The first-order chi connectivity index (χ1) is 9.63. The molecule has 0 radical (unpaired) electrons. The van der Waals surface area contributed by atoms with Crippen molar-refractivity contribution in [3.63, 3.8) is 0 Å². The molecule has 1 unspecified atom stereocenters. The number of nitro groups is 1. The van der Waals surface area contributed by atoms with Crippen molar-refractivity contribution in [2.45, 2.75) is 38.6 Å². The van der Waals surface area contributed by atoms with Gasteiger partial charge in [0, 0.05) is 12.1 Å². The number of fused-ring (bicyclic) bond motifs is 1. The fraction of sp³-hybridized carbons (Fsp3) is 0.538. The lowest BCUT2D eigenvalue weighted by atomic mass is 10.1. The van der Waals surface area contributed by atoms with E-state index in [1.807, 2.05) is 0 Å². The van der Waals surface area contributed by atoms with Crippen LogP contribution in [0, 0.1) is 16.0 Å². The Balaban J connectivity index is 1.73. The molecule has 7 nitrogen and oxygen atoms in total. The molecule has 0 bridgehead atoms. The third-order valence-electron chi connectivity index (χ3n) is 3.63. The Kier molecular flexibility index (Phi) is 3.25. The van der Waals surface area contributed by atoms with Gasteiger partial charge in [0.2, 0.25) is 5.65 Å². The Morgan fingerprint density at radius 3 is 3.05 bits per heavy atom. The lowest BCUT2D eigenvalue weighted by Gasteiger charge is -2.13. The SMILES string of the molecule is CC(CCC1CC1)Nc1ccc2ncc([N+](=O)[O-])n2n1. The molecule has 2 aromatic heterocycles. The van der Waals surface area contributed by atoms with E-state index < -0.39 is 4.92 Å². The first-order valence-corrected chi connectivity index (χ1v) is 6.89. The molecule has 0 amide bonds. The molecular weight excluding hydrogens is 258 g/mol. The highest BCUT2D eigenvalue weighted by molar-refractivity contribution is 5.48. The average Bonchev–Trinajstić information content (AvgIpc) is 3.14. The lowest BCUT2D eigenvalue weighted by Crippen LogP contribution is -2.17. The Bertz CT molecular complexity index is 635. The number of nitrogens with one attached hydrogen (secondary N) is 1. The van der Waals surface area contributed by atoms with Crippen molar-refractivity contribution in [2.75, 3.05) is 5.32 Å². The van der Waals surface area contributed by atoms with Crippen LogP contribution in [0.4, 0.5) is 11.6 Å². The van der Waals surface area contributed by atoms with Gasteiger partial charge in [-0.05, 0) is 36.7 Å². The van der Waals surface area contributed by atoms with Crippen molar-refractivity contribution in [1.29, 1.82) is 0 Å². The number of imidazole rings is 1. The van der Waals surface area contributed by atoms with Crippen molar-refractivity contribution in [2.24, 2.45) is 5.92 Å². The van der Waals surface area contributed by atoms with E-state index in [-0.39, 0.29) is 5.82 Å². The standard InChI is InChI=1S/C13H17N5O2/c1-9(2-3-10-4-5-10)15-11-6-7-12-14-8-13(18(19)20)17(12)16-11/h6-10H,2-5H2,1H3,(H,15,16). The number of hydrogen-bond donors (Lipinski definition) is 1. The lowest BCUT2D eigenvalue weighted by molar-refractivity contribution is -0.391. The van der Waals surface area contributed by atoms with Crippen molar-refractivity contribution in [3.05, 3.63) is 28.4 Å². The maximum absolute atomic E-state index is 10.9. The first-order valence-electron chi connectivity index (χ1n) is 6.89. The van der Waals surface area contributed by atoms with Crippen molar-refractivity contribution < 1.29 is 4.92 Å². The summed E-state index contributed by atoms with van der Waals surface area (Å²) in [6, 6.07) is 3.85. The highest BCUT2D eigenvalue weighted by atomic mass is 16.6. The minimum Gasteiger partial charge on any atom is -0.365 e. The molecule has 2 heterocycles. The summed E-state index contributed by atoms with van der Waals surface area (Å²) in [6.45, 7) is 2.11. The molecule has 20 heavy (non-hydrogen) atoms. The van der Waals surface area contributed by atoms with E-state index in [1.54, 1.807) is 12.1 Å². The van der Waals surface area contributed by atoms with Crippen LogP contribution in [0.15, 0.2) is 18.3 Å². The molecular formula is C13H17N5O2. The molecule has 1 fully saturated rings. The summed E-state index contributed by atoms with van der Waals surface area (Å²) in [4.78, 5) is 14.4. The molecule has 0 aliphatic heterocycles. The maximum atomic E-state index is 10.9. The highest BCUT2D eigenvalue weighted by Gasteiger charge is 2.22. The summed E-state index contributed by atoms with van der Waals surface area (Å²) in [6.07, 6.45) is 6.27. The molecule has 0 aromatic carbocycles. The predicted octanol–water partition coefficient (Wildman–Crippen LogP) is 2.63. The molecule has 106 valence electrons. The third kappa shape index (κ3) is 2.71. The largest absolute Gasteiger partial charge is 0.368 e. The zero-order valence-corrected chi connectivity index (χ0v) is 11.3. The summed E-state index contributed by atoms with van der Waals surface area (Å²) in [5.74, 6) is 1.43. The van der Waals surface area contributed by atoms with Crippen molar-refractivity contribution in [1.82, 2.24) is 14.6 Å². The van der Waals surface area contributed by atoms with Gasteiger partial charge in [-0.3, -0.25) is 0 Å². The van der Waals surface area contributed by atoms with Crippen molar-refractivity contribution >= 4 is 17.3 Å². The Morgan fingerprint density at radius 2 is 2.35 bits per heavy atom. The zero-order valence-electron chi connectivity index (χ0n) is 11.3. The van der Waals surface area contributed by atoms with Crippen LogP contribution in [0.1, 0.15) is 32.6 Å². The number of anilines is 1. The molecule has 0 spiro atoms. The molecule has 1 aliphatic carbocycles. The van der Waals surface area contributed by atoms with Gasteiger partial charge in [0.1, 0.15) is 6.20 Å². The Morgan fingerprint density at radius 1 is 1.55 bits per heavy atom. The smallest absolute Gasteiger partial charge is 0.365 e. The molecule has 1 aliphatic rings. The number of rotatable bonds is 6. The second-order valence-electron chi connectivity index (χ2n) is 5.43. The van der Waals surface area contributed by atoms with Crippen LogP contribution < -0.4 is 5.32 Å². The number of nitrogens with zero attached hydrogens (tertiary/aromatic N) is 4. The van der Waals surface area contributed by atoms with Gasteiger partial charge in [0.05, 0.1) is 0 Å². The van der Waals surface area contributed by atoms with Gasteiger partial charge in [0.15, 0.2) is 5.82 Å². The van der Waals surface area contributed by atoms with E-state index in [0.717, 1.165) is 12.3 Å². The first kappa shape index (κ1) is 12.8. The average molecular weight is 275 g/mol. The van der Waals surface area contributed by atoms with E-state index in [1.165, 1.54) is 30.0 Å². The second kappa shape index (κ2) is 5.07. The van der Waals surface area contributed by atoms with E-state index >= 15 is 0 Å². The third-order valence-corrected chi connectivity index (χ3v) is 3.63. The van der Waals surface area contributed by atoms with Gasteiger partial charge in [-0.25, -0.2) is 4.98 Å². The second-order valence-corrected chi connectivity index (χ2v) is 5.43. The van der Waals surface area contributed by atoms with Gasteiger partial charge in [-0.15, -0.1) is 0 Å². The molecule has 7 heteroatoms. The van der Waals surface area contributed by atoms with Gasteiger partial charge in [0.25, 0.3) is 0 Å². The fourth-order valence-corrected chi connectivity index (χ4v) is 2.28. The summed E-state index contributed by atoms with van der Waals surface area (Å²) >= 11 is 0. The molecule has 1 atom stereocenters. The summed E-state index contributed by atoms with van der Waals surface area (Å²) in [5.41, 5.74) is 0.480. The Hall–Kier alpha value is -2.18. The van der Waals surface area contributed by atoms with Crippen LogP contribution in [0.2, 0.25) is 0 Å². The maximum Gasteiger partial charge on any atom is 0.368 e. The van der Waals surface area contributed by atoms with E-state index in [9.17, 15) is 10.1 Å². The minimum absolute atomic E-state index is 0.116. The van der Waals surface area contributed by atoms with E-state index in [2.05, 4.69) is 22.3 Å². The highest BCUT2D eigenvalue weighted by Crippen LogP contribution is 2.34. The van der Waals surface area contributed by atoms with Crippen LogP contribution in [0.25, 0.3) is 5.65 Å². The normalized spacial score (nSPS) is 16.2. The van der Waals surface area contributed by atoms with Gasteiger partial charge in [-0.1, -0.05) is 22.5 Å².